The van der Waals surface area contributed by atoms with Crippen molar-refractivity contribution in [3.8, 4) is 0 Å². The van der Waals surface area contributed by atoms with E-state index >= 15 is 0 Å². The van der Waals surface area contributed by atoms with Crippen LogP contribution in [-0.2, 0) is 6.42 Å². The zero-order valence-electron chi connectivity index (χ0n) is 13.8. The molecule has 3 heterocycles. The molecule has 3 aromatic rings. The first kappa shape index (κ1) is 15.6. The highest BCUT2D eigenvalue weighted by Gasteiger charge is 2.26. The van der Waals surface area contributed by atoms with Crippen LogP contribution in [0.15, 0.2) is 51.8 Å². The van der Waals surface area contributed by atoms with Gasteiger partial charge in [-0.3, -0.25) is 14.7 Å². The molecule has 1 aromatic carbocycles. The lowest BCUT2D eigenvalue weighted by atomic mass is 9.93. The zero-order chi connectivity index (χ0) is 17.2. The molecule has 4 rings (SSSR count). The predicted octanol–water partition coefficient (Wildman–Crippen LogP) is 2.61. The van der Waals surface area contributed by atoms with E-state index < -0.39 is 0 Å². The second kappa shape index (κ2) is 6.55. The molecule has 0 bridgehead atoms. The highest BCUT2D eigenvalue weighted by molar-refractivity contribution is 5.93. The minimum absolute atomic E-state index is 0.117. The summed E-state index contributed by atoms with van der Waals surface area (Å²) in [5.41, 5.74) is 1.34. The molecule has 1 saturated heterocycles. The van der Waals surface area contributed by atoms with Crippen molar-refractivity contribution in [2.75, 3.05) is 13.1 Å². The van der Waals surface area contributed by atoms with Crippen molar-refractivity contribution in [3.63, 3.8) is 0 Å². The second-order valence-corrected chi connectivity index (χ2v) is 6.52. The molecule has 1 N–H and O–H groups in total. The Kier molecular flexibility index (Phi) is 4.09. The molecule has 6 heteroatoms. The Labute approximate surface area is 144 Å². The first-order valence-corrected chi connectivity index (χ1v) is 8.51. The highest BCUT2D eigenvalue weighted by Crippen LogP contribution is 2.22. The number of rotatable bonds is 3. The second-order valence-electron chi connectivity index (χ2n) is 6.52. The molecule has 2 aromatic heterocycles. The number of carbonyl (C=O) groups is 1. The van der Waals surface area contributed by atoms with Gasteiger partial charge in [0.15, 0.2) is 11.2 Å². The van der Waals surface area contributed by atoms with Crippen LogP contribution in [0, 0.1) is 5.92 Å². The van der Waals surface area contributed by atoms with Crippen LogP contribution in [0.25, 0.3) is 11.0 Å². The molecule has 0 radical (unpaired) electrons. The molecule has 1 aliphatic heterocycles. The third kappa shape index (κ3) is 3.20. The van der Waals surface area contributed by atoms with Gasteiger partial charge in [0.1, 0.15) is 5.58 Å². The van der Waals surface area contributed by atoms with Crippen molar-refractivity contribution in [2.24, 2.45) is 5.92 Å². The summed E-state index contributed by atoms with van der Waals surface area (Å²) in [6, 6.07) is 10.3. The van der Waals surface area contributed by atoms with Gasteiger partial charge in [-0.15, -0.1) is 0 Å². The molecule has 1 aliphatic rings. The predicted molar refractivity (Wildman–Crippen MR) is 93.4 cm³/mol. The maximum atomic E-state index is 12.8. The van der Waals surface area contributed by atoms with Gasteiger partial charge < -0.3 is 9.32 Å². The normalized spacial score (nSPS) is 17.8. The van der Waals surface area contributed by atoms with E-state index in [9.17, 15) is 9.59 Å². The van der Waals surface area contributed by atoms with Crippen LogP contribution in [-0.4, -0.2) is 34.1 Å². The highest BCUT2D eigenvalue weighted by atomic mass is 16.3. The fourth-order valence-corrected chi connectivity index (χ4v) is 3.49. The van der Waals surface area contributed by atoms with Crippen molar-refractivity contribution < 1.29 is 9.21 Å². The van der Waals surface area contributed by atoms with E-state index in [2.05, 4.69) is 10.2 Å². The number of carbonyl (C=O) groups excluding carboxylic acids is 1. The van der Waals surface area contributed by atoms with Crippen LogP contribution in [0.1, 0.15) is 29.1 Å². The van der Waals surface area contributed by atoms with Crippen LogP contribution in [0.3, 0.4) is 0 Å². The van der Waals surface area contributed by atoms with Gasteiger partial charge in [-0.2, -0.15) is 5.10 Å². The molecule has 1 atom stereocenters. The van der Waals surface area contributed by atoms with E-state index in [4.69, 9.17) is 4.42 Å². The largest absolute Gasteiger partial charge is 0.451 e. The molecule has 25 heavy (non-hydrogen) atoms. The lowest BCUT2D eigenvalue weighted by Crippen LogP contribution is -2.40. The smallest absolute Gasteiger partial charge is 0.289 e. The third-order valence-corrected chi connectivity index (χ3v) is 4.72. The zero-order valence-corrected chi connectivity index (χ0v) is 13.8. The van der Waals surface area contributed by atoms with E-state index in [0.717, 1.165) is 25.0 Å². The first-order valence-electron chi connectivity index (χ1n) is 8.51. The Morgan fingerprint density at radius 1 is 1.32 bits per heavy atom. The Morgan fingerprint density at radius 3 is 3.04 bits per heavy atom. The van der Waals surface area contributed by atoms with Crippen molar-refractivity contribution in [3.05, 3.63) is 64.3 Å². The summed E-state index contributed by atoms with van der Waals surface area (Å²) in [7, 11) is 0. The van der Waals surface area contributed by atoms with Crippen LogP contribution in [0.4, 0.5) is 0 Å². The van der Waals surface area contributed by atoms with Crippen LogP contribution >= 0.6 is 0 Å². The number of hydrogen-bond donors (Lipinski definition) is 1. The topological polar surface area (TPSA) is 79.2 Å². The fourth-order valence-electron chi connectivity index (χ4n) is 3.49. The Balaban J connectivity index is 1.55. The average molecular weight is 337 g/mol. The van der Waals surface area contributed by atoms with E-state index in [1.54, 1.807) is 35.4 Å². The molecule has 0 saturated carbocycles. The molecular weight excluding hydrogens is 318 g/mol. The number of piperidine rings is 1. The number of amides is 1. The number of benzene rings is 1. The maximum absolute atomic E-state index is 12.8. The van der Waals surface area contributed by atoms with Gasteiger partial charge in [0, 0.05) is 31.0 Å². The minimum atomic E-state index is -0.211. The van der Waals surface area contributed by atoms with Crippen molar-refractivity contribution in [1.82, 2.24) is 15.1 Å². The van der Waals surface area contributed by atoms with Gasteiger partial charge in [-0.1, -0.05) is 12.1 Å². The van der Waals surface area contributed by atoms with Gasteiger partial charge in [-0.05, 0) is 43.4 Å². The quantitative estimate of drug-likeness (QED) is 0.797. The molecule has 128 valence electrons. The number of nitrogens with one attached hydrogen (secondary N) is 1. The summed E-state index contributed by atoms with van der Waals surface area (Å²) in [5, 5.41) is 7.44. The van der Waals surface area contributed by atoms with Gasteiger partial charge in [0.2, 0.25) is 0 Å². The van der Waals surface area contributed by atoms with Crippen LogP contribution in [0.2, 0.25) is 0 Å². The summed E-state index contributed by atoms with van der Waals surface area (Å²) < 4.78 is 5.69. The van der Waals surface area contributed by atoms with E-state index in [1.165, 1.54) is 6.07 Å². The van der Waals surface area contributed by atoms with Crippen LogP contribution < -0.4 is 5.43 Å². The van der Waals surface area contributed by atoms with Gasteiger partial charge in [0.05, 0.1) is 5.39 Å². The van der Waals surface area contributed by atoms with Crippen molar-refractivity contribution in [2.45, 2.75) is 19.3 Å². The van der Waals surface area contributed by atoms with E-state index in [1.807, 2.05) is 6.07 Å². The summed E-state index contributed by atoms with van der Waals surface area (Å²) in [6.07, 6.45) is 4.63. The first-order chi connectivity index (χ1) is 12.2. The number of hydrogen-bond acceptors (Lipinski definition) is 4. The minimum Gasteiger partial charge on any atom is -0.451 e. The summed E-state index contributed by atoms with van der Waals surface area (Å²) >= 11 is 0. The SMILES string of the molecule is O=C(c1cc(=O)c2ccccc2o1)N1CCC[C@H](Cc2ccn[nH]2)C1. The summed E-state index contributed by atoms with van der Waals surface area (Å²) in [6.45, 7) is 1.35. The fraction of sp³-hybridized carbons (Fsp3) is 0.316. The van der Waals surface area contributed by atoms with E-state index in [0.29, 0.717) is 30.0 Å². The third-order valence-electron chi connectivity index (χ3n) is 4.72. The number of nitrogens with zero attached hydrogens (tertiary/aromatic N) is 2. The monoisotopic (exact) mass is 337 g/mol. The molecule has 6 nitrogen and oxygen atoms in total. The Bertz CT molecular complexity index is 946. The van der Waals surface area contributed by atoms with Gasteiger partial charge in [-0.25, -0.2) is 0 Å². The molecule has 0 unspecified atom stereocenters. The number of aromatic nitrogens is 2. The Morgan fingerprint density at radius 2 is 2.20 bits per heavy atom. The Hall–Kier alpha value is -2.89. The molecule has 1 fully saturated rings. The number of fused-ring (bicyclic) bond motifs is 1. The van der Waals surface area contributed by atoms with Gasteiger partial charge >= 0.3 is 0 Å². The van der Waals surface area contributed by atoms with Crippen molar-refractivity contribution >= 4 is 16.9 Å². The molecule has 0 spiro atoms. The van der Waals surface area contributed by atoms with Gasteiger partial charge in [0.25, 0.3) is 5.91 Å². The van der Waals surface area contributed by atoms with Crippen molar-refractivity contribution in [1.29, 1.82) is 0 Å². The number of H-pyrrole nitrogens is 1. The van der Waals surface area contributed by atoms with Crippen LogP contribution in [0.5, 0.6) is 0 Å². The lowest BCUT2D eigenvalue weighted by molar-refractivity contribution is 0.0641. The molecular formula is C19H19N3O3. The summed E-state index contributed by atoms with van der Waals surface area (Å²) in [4.78, 5) is 26.8. The maximum Gasteiger partial charge on any atom is 0.289 e. The molecule has 0 aliphatic carbocycles. The molecule has 1 amide bonds. The number of aromatic amines is 1. The average Bonchev–Trinajstić information content (AvgIpc) is 3.14. The number of likely N-dealkylation sites (tertiary alicyclic amines) is 1. The standard InChI is InChI=1S/C19H19N3O3/c23-16-11-18(25-17-6-2-1-5-15(16)17)19(24)22-9-3-4-13(12-22)10-14-7-8-20-21-14/h1-2,5-8,11,13H,3-4,9-10,12H2,(H,20,21)/t13-/m1/s1. The number of para-hydroxylation sites is 1. The van der Waals surface area contributed by atoms with E-state index in [-0.39, 0.29) is 17.1 Å². The summed E-state index contributed by atoms with van der Waals surface area (Å²) in [5.74, 6) is 0.286. The lowest BCUT2D eigenvalue weighted by Gasteiger charge is -2.32.